The normalized spacial score (nSPS) is 19.6. The number of benzene rings is 2. The van der Waals surface area contributed by atoms with Crippen molar-refractivity contribution in [2.75, 3.05) is 10.7 Å². The number of hydrogen-bond donors (Lipinski definition) is 0. The zero-order chi connectivity index (χ0) is 17.1. The van der Waals surface area contributed by atoms with Crippen LogP contribution in [0.25, 0.3) is 0 Å². The predicted octanol–water partition coefficient (Wildman–Crippen LogP) is 5.50. The largest absolute Gasteiger partial charge is 0.293 e. The molecule has 4 heteroatoms. The maximum Gasteiger partial charge on any atom is 0.173 e. The second-order valence-corrected chi connectivity index (χ2v) is 7.27. The maximum absolute atomic E-state index is 11.7. The smallest absolute Gasteiger partial charge is 0.173 e. The first-order valence-corrected chi connectivity index (χ1v) is 10.3. The molecule has 0 N–H and O–H groups in total. The van der Waals surface area contributed by atoms with E-state index in [0.29, 0.717) is 22.5 Å². The third-order valence-electron chi connectivity index (χ3n) is 4.84. The molecule has 2 aromatic rings. The Kier molecular flexibility index (Phi) is 5.67. The van der Waals surface area contributed by atoms with Crippen molar-refractivity contribution in [3.05, 3.63) is 70.8 Å². The van der Waals surface area contributed by atoms with Gasteiger partial charge in [-0.1, -0.05) is 80.4 Å². The van der Waals surface area contributed by atoms with E-state index in [9.17, 15) is 9.59 Å². The number of carbonyl (C=O) groups is 2. The molecule has 0 radical (unpaired) electrons. The second-order valence-electron chi connectivity index (χ2n) is 6.15. The lowest BCUT2D eigenvalue weighted by Gasteiger charge is -2.37. The van der Waals surface area contributed by atoms with E-state index in [2.05, 4.69) is 56.1 Å². The Bertz CT molecular complexity index is 670. The van der Waals surface area contributed by atoms with Crippen LogP contribution in [0.1, 0.15) is 56.5 Å². The first kappa shape index (κ1) is 17.6. The molecule has 2 nitrogen and oxygen atoms in total. The van der Waals surface area contributed by atoms with Gasteiger partial charge in [-0.3, -0.25) is 9.59 Å². The van der Waals surface area contributed by atoms with Crippen LogP contribution in [0.5, 0.6) is 0 Å². The predicted molar refractivity (Wildman–Crippen MR) is 104 cm³/mol. The molecule has 2 aromatic carbocycles. The van der Waals surface area contributed by atoms with E-state index in [0.717, 1.165) is 11.1 Å². The molecule has 0 saturated heterocycles. The highest BCUT2D eigenvalue weighted by Gasteiger charge is 2.33. The Morgan fingerprint density at radius 3 is 1.29 bits per heavy atom. The van der Waals surface area contributed by atoms with Crippen LogP contribution in [0, 0.1) is 0 Å². The van der Waals surface area contributed by atoms with Gasteiger partial charge in [0.25, 0.3) is 0 Å². The quantitative estimate of drug-likeness (QED) is 0.430. The molecule has 0 spiro atoms. The van der Waals surface area contributed by atoms with Crippen LogP contribution in [0.15, 0.2) is 48.5 Å². The minimum atomic E-state index is 0.110. The van der Waals surface area contributed by atoms with E-state index in [1.165, 1.54) is 24.0 Å². The third-order valence-corrected chi connectivity index (χ3v) is 5.86. The van der Waals surface area contributed by atoms with E-state index in [1.807, 2.05) is 24.3 Å². The summed E-state index contributed by atoms with van der Waals surface area (Å²) in [6, 6.07) is 16.0. The molecule has 2 unspecified atom stereocenters. The zero-order valence-corrected chi connectivity index (χ0v) is 16.3. The first-order valence-electron chi connectivity index (χ1n) is 8.02. The van der Waals surface area contributed by atoms with E-state index >= 15 is 0 Å². The highest BCUT2D eigenvalue weighted by atomic mass is 79.9. The summed E-state index contributed by atoms with van der Waals surface area (Å²) in [6.07, 6.45) is 2.33. The molecule has 1 saturated carbocycles. The standard InChI is InChI=1S/C20H18Br2O2/c21-11-19(23)15-5-1-13(2-6-15)17-9-10-18(17)14-3-7-16(8-4-14)20(24)12-22/h1-8,17-18H,9-12H2. The van der Waals surface area contributed by atoms with Gasteiger partial charge in [-0.15, -0.1) is 0 Å². The molecule has 0 aliphatic heterocycles. The van der Waals surface area contributed by atoms with Gasteiger partial charge in [-0.2, -0.15) is 0 Å². The molecular formula is C20H18Br2O2. The monoisotopic (exact) mass is 448 g/mol. The third kappa shape index (κ3) is 3.55. The van der Waals surface area contributed by atoms with Crippen LogP contribution >= 0.6 is 31.9 Å². The summed E-state index contributed by atoms with van der Waals surface area (Å²) < 4.78 is 0. The van der Waals surface area contributed by atoms with Crippen molar-refractivity contribution in [2.45, 2.75) is 24.7 Å². The molecular weight excluding hydrogens is 432 g/mol. The zero-order valence-electron chi connectivity index (χ0n) is 13.2. The molecule has 0 amide bonds. The van der Waals surface area contributed by atoms with E-state index in [4.69, 9.17) is 0 Å². The average molecular weight is 450 g/mol. The summed E-state index contributed by atoms with van der Waals surface area (Å²) in [5.74, 6) is 1.21. The highest BCUT2D eigenvalue weighted by Crippen LogP contribution is 2.49. The number of hydrogen-bond acceptors (Lipinski definition) is 2. The van der Waals surface area contributed by atoms with Gasteiger partial charge in [-0.25, -0.2) is 0 Å². The van der Waals surface area contributed by atoms with Crippen LogP contribution in [0.4, 0.5) is 0 Å². The molecule has 24 heavy (non-hydrogen) atoms. The van der Waals surface area contributed by atoms with Gasteiger partial charge in [0.2, 0.25) is 0 Å². The Morgan fingerprint density at radius 2 is 1.04 bits per heavy atom. The second kappa shape index (κ2) is 7.75. The maximum atomic E-state index is 11.7. The first-order chi connectivity index (χ1) is 11.6. The fraction of sp³-hybridized carbons (Fsp3) is 0.300. The van der Waals surface area contributed by atoms with Crippen LogP contribution < -0.4 is 0 Å². The Hall–Kier alpha value is -1.26. The van der Waals surface area contributed by atoms with Gasteiger partial charge < -0.3 is 0 Å². The SMILES string of the molecule is O=C(CBr)c1ccc(C2CCC2c2ccc(C(=O)CBr)cc2)cc1. The lowest BCUT2D eigenvalue weighted by molar-refractivity contribution is 0.101. The Labute approximate surface area is 158 Å². The van der Waals surface area contributed by atoms with Crippen molar-refractivity contribution >= 4 is 43.4 Å². The van der Waals surface area contributed by atoms with Crippen molar-refractivity contribution in [3.63, 3.8) is 0 Å². The molecule has 3 rings (SSSR count). The van der Waals surface area contributed by atoms with E-state index < -0.39 is 0 Å². The van der Waals surface area contributed by atoms with Gasteiger partial charge in [0.15, 0.2) is 11.6 Å². The van der Waals surface area contributed by atoms with Gasteiger partial charge in [-0.05, 0) is 35.8 Å². The summed E-state index contributed by atoms with van der Waals surface area (Å²) in [7, 11) is 0. The average Bonchev–Trinajstić information content (AvgIpc) is 2.60. The molecule has 2 atom stereocenters. The summed E-state index contributed by atoms with van der Waals surface area (Å²) in [6.45, 7) is 0. The van der Waals surface area contributed by atoms with Crippen molar-refractivity contribution in [1.29, 1.82) is 0 Å². The van der Waals surface area contributed by atoms with E-state index in [-0.39, 0.29) is 11.6 Å². The van der Waals surface area contributed by atoms with Crippen molar-refractivity contribution in [1.82, 2.24) is 0 Å². The summed E-state index contributed by atoms with van der Waals surface area (Å²) in [4.78, 5) is 23.4. The lowest BCUT2D eigenvalue weighted by Crippen LogP contribution is -2.22. The van der Waals surface area contributed by atoms with Gasteiger partial charge in [0.1, 0.15) is 0 Å². The lowest BCUT2D eigenvalue weighted by atomic mass is 9.67. The minimum absolute atomic E-state index is 0.110. The molecule has 124 valence electrons. The van der Waals surface area contributed by atoms with Gasteiger partial charge in [0, 0.05) is 11.1 Å². The van der Waals surface area contributed by atoms with Gasteiger partial charge >= 0.3 is 0 Å². The Morgan fingerprint density at radius 1 is 0.708 bits per heavy atom. The highest BCUT2D eigenvalue weighted by molar-refractivity contribution is 9.09. The summed E-state index contributed by atoms with van der Waals surface area (Å²) in [5, 5.41) is 0.718. The molecule has 0 aromatic heterocycles. The number of ketones is 2. The number of alkyl halides is 2. The van der Waals surface area contributed by atoms with Crippen LogP contribution in [-0.2, 0) is 0 Å². The number of halogens is 2. The molecule has 1 aliphatic rings. The van der Waals surface area contributed by atoms with Crippen molar-refractivity contribution < 1.29 is 9.59 Å². The van der Waals surface area contributed by atoms with Crippen LogP contribution in [-0.4, -0.2) is 22.2 Å². The van der Waals surface area contributed by atoms with Crippen molar-refractivity contribution in [3.8, 4) is 0 Å². The summed E-state index contributed by atoms with van der Waals surface area (Å²) >= 11 is 6.42. The summed E-state index contributed by atoms with van der Waals surface area (Å²) in [5.41, 5.74) is 4.09. The molecule has 0 bridgehead atoms. The van der Waals surface area contributed by atoms with E-state index in [1.54, 1.807) is 0 Å². The Balaban J connectivity index is 1.74. The van der Waals surface area contributed by atoms with Gasteiger partial charge in [0.05, 0.1) is 10.7 Å². The number of rotatable bonds is 6. The molecule has 1 aliphatic carbocycles. The number of carbonyl (C=O) groups excluding carboxylic acids is 2. The molecule has 1 fully saturated rings. The van der Waals surface area contributed by atoms with Crippen LogP contribution in [0.2, 0.25) is 0 Å². The fourth-order valence-corrected chi connectivity index (χ4v) is 3.93. The molecule has 0 heterocycles. The fourth-order valence-electron chi connectivity index (χ4n) is 3.28. The van der Waals surface area contributed by atoms with Crippen molar-refractivity contribution in [2.24, 2.45) is 0 Å². The van der Waals surface area contributed by atoms with Crippen LogP contribution in [0.3, 0.4) is 0 Å². The minimum Gasteiger partial charge on any atom is -0.293 e. The number of Topliss-reactive ketones (excluding diaryl/α,β-unsaturated/α-hetero) is 2. The topological polar surface area (TPSA) is 34.1 Å².